The summed E-state index contributed by atoms with van der Waals surface area (Å²) in [5.41, 5.74) is 1.61. The lowest BCUT2D eigenvalue weighted by molar-refractivity contribution is -0.124. The monoisotopic (exact) mass is 402 g/mol. The van der Waals surface area contributed by atoms with Crippen LogP contribution in [-0.4, -0.2) is 42.9 Å². The fourth-order valence-corrected chi connectivity index (χ4v) is 2.48. The molecular weight excluding hydrogens is 380 g/mol. The average Bonchev–Trinajstić information content (AvgIpc) is 2.69. The van der Waals surface area contributed by atoms with E-state index in [2.05, 4.69) is 16.0 Å². The summed E-state index contributed by atoms with van der Waals surface area (Å²) >= 11 is 5.78. The predicted molar refractivity (Wildman–Crippen MR) is 109 cm³/mol. The summed E-state index contributed by atoms with van der Waals surface area (Å²) < 4.78 is 0. The molecule has 2 aromatic rings. The van der Waals surface area contributed by atoms with Gasteiger partial charge in [-0.3, -0.25) is 9.59 Å². The van der Waals surface area contributed by atoms with Crippen LogP contribution in [0.3, 0.4) is 0 Å². The number of benzene rings is 2. The molecule has 3 N–H and O–H groups in total. The number of carbonyl (C=O) groups excluding carboxylic acids is 3. The van der Waals surface area contributed by atoms with Crippen molar-refractivity contribution in [1.29, 1.82) is 0 Å². The number of urea groups is 1. The van der Waals surface area contributed by atoms with E-state index in [0.717, 1.165) is 5.56 Å². The summed E-state index contributed by atoms with van der Waals surface area (Å²) in [6, 6.07) is 16.0. The smallest absolute Gasteiger partial charge is 0.317 e. The minimum atomic E-state index is -0.345. The molecule has 0 aromatic heterocycles. The number of hydrogen-bond acceptors (Lipinski definition) is 3. The van der Waals surface area contributed by atoms with Gasteiger partial charge in [-0.25, -0.2) is 4.79 Å². The third-order valence-corrected chi connectivity index (χ3v) is 4.06. The van der Waals surface area contributed by atoms with Crippen LogP contribution in [0.4, 0.5) is 10.5 Å². The van der Waals surface area contributed by atoms with Gasteiger partial charge in [-0.2, -0.15) is 0 Å². The molecule has 0 atom stereocenters. The molecular formula is C20H23ClN4O3. The molecule has 0 fully saturated rings. The Bertz CT molecular complexity index is 797. The van der Waals surface area contributed by atoms with Gasteiger partial charge >= 0.3 is 6.03 Å². The zero-order chi connectivity index (χ0) is 20.4. The Morgan fingerprint density at radius 2 is 1.61 bits per heavy atom. The molecule has 0 aliphatic heterocycles. The maximum absolute atomic E-state index is 12.0. The summed E-state index contributed by atoms with van der Waals surface area (Å²) in [6.45, 7) is 0.510. The van der Waals surface area contributed by atoms with E-state index < -0.39 is 0 Å². The van der Waals surface area contributed by atoms with E-state index in [1.54, 1.807) is 31.3 Å². The minimum absolute atomic E-state index is 0.0825. The highest BCUT2D eigenvalue weighted by atomic mass is 35.5. The number of hydrogen-bond donors (Lipinski definition) is 3. The number of rotatable bonds is 8. The SMILES string of the molecule is CN(Cc1ccccc1)C(=O)NCCC(=O)NCC(=O)Nc1ccc(Cl)cc1. The molecule has 0 heterocycles. The van der Waals surface area contributed by atoms with Crippen LogP contribution in [0.1, 0.15) is 12.0 Å². The first kappa shape index (κ1) is 21.2. The Hall–Kier alpha value is -3.06. The van der Waals surface area contributed by atoms with Crippen LogP contribution < -0.4 is 16.0 Å². The molecule has 0 aliphatic rings. The molecule has 7 nitrogen and oxygen atoms in total. The summed E-state index contributed by atoms with van der Waals surface area (Å²) in [5, 5.41) is 8.41. The minimum Gasteiger partial charge on any atom is -0.347 e. The molecule has 8 heteroatoms. The van der Waals surface area contributed by atoms with E-state index >= 15 is 0 Å². The average molecular weight is 403 g/mol. The van der Waals surface area contributed by atoms with Crippen molar-refractivity contribution in [3.8, 4) is 0 Å². The van der Waals surface area contributed by atoms with Gasteiger partial charge in [-0.15, -0.1) is 0 Å². The highest BCUT2D eigenvalue weighted by Crippen LogP contribution is 2.12. The van der Waals surface area contributed by atoms with E-state index in [1.165, 1.54) is 4.90 Å². The van der Waals surface area contributed by atoms with Crippen molar-refractivity contribution in [1.82, 2.24) is 15.5 Å². The van der Waals surface area contributed by atoms with Crippen LogP contribution in [0, 0.1) is 0 Å². The normalized spacial score (nSPS) is 10.1. The van der Waals surface area contributed by atoms with E-state index in [1.807, 2.05) is 30.3 Å². The maximum atomic E-state index is 12.0. The largest absolute Gasteiger partial charge is 0.347 e. The van der Waals surface area contributed by atoms with Gasteiger partial charge in [-0.05, 0) is 29.8 Å². The third kappa shape index (κ3) is 7.67. The van der Waals surface area contributed by atoms with Crippen molar-refractivity contribution >= 4 is 35.1 Å². The zero-order valence-corrected chi connectivity index (χ0v) is 16.3. The molecule has 2 aromatic carbocycles. The summed E-state index contributed by atoms with van der Waals surface area (Å²) in [4.78, 5) is 37.2. The Kier molecular flexibility index (Phi) is 8.30. The van der Waals surface area contributed by atoms with Crippen molar-refractivity contribution in [2.45, 2.75) is 13.0 Å². The number of nitrogens with one attached hydrogen (secondary N) is 3. The van der Waals surface area contributed by atoms with Gasteiger partial charge in [0.05, 0.1) is 6.54 Å². The van der Waals surface area contributed by atoms with E-state index in [-0.39, 0.29) is 37.4 Å². The molecule has 148 valence electrons. The highest BCUT2D eigenvalue weighted by molar-refractivity contribution is 6.30. The van der Waals surface area contributed by atoms with Gasteiger partial charge in [0, 0.05) is 37.3 Å². The van der Waals surface area contributed by atoms with Crippen molar-refractivity contribution in [3.05, 3.63) is 65.2 Å². The van der Waals surface area contributed by atoms with Gasteiger partial charge in [-0.1, -0.05) is 41.9 Å². The highest BCUT2D eigenvalue weighted by Gasteiger charge is 2.10. The third-order valence-electron chi connectivity index (χ3n) is 3.81. The first-order valence-electron chi connectivity index (χ1n) is 8.79. The molecule has 0 saturated carbocycles. The van der Waals surface area contributed by atoms with E-state index in [0.29, 0.717) is 17.3 Å². The molecule has 0 radical (unpaired) electrons. The number of nitrogens with zero attached hydrogens (tertiary/aromatic N) is 1. The summed E-state index contributed by atoms with van der Waals surface area (Å²) in [7, 11) is 1.68. The molecule has 0 spiro atoms. The van der Waals surface area contributed by atoms with Crippen molar-refractivity contribution < 1.29 is 14.4 Å². The van der Waals surface area contributed by atoms with Crippen LogP contribution in [-0.2, 0) is 16.1 Å². The molecule has 2 rings (SSSR count). The van der Waals surface area contributed by atoms with Crippen LogP contribution in [0.25, 0.3) is 0 Å². The van der Waals surface area contributed by atoms with Gasteiger partial charge in [0.1, 0.15) is 0 Å². The van der Waals surface area contributed by atoms with Crippen LogP contribution in [0.15, 0.2) is 54.6 Å². The van der Waals surface area contributed by atoms with Crippen LogP contribution in [0.2, 0.25) is 5.02 Å². The molecule has 0 bridgehead atoms. The number of halogens is 1. The first-order chi connectivity index (χ1) is 13.4. The Labute approximate surface area is 169 Å². The lowest BCUT2D eigenvalue weighted by Crippen LogP contribution is -2.39. The van der Waals surface area contributed by atoms with Crippen molar-refractivity contribution in [2.75, 3.05) is 25.5 Å². The summed E-state index contributed by atoms with van der Waals surface area (Å²) in [5.74, 6) is -0.667. The second kappa shape index (κ2) is 10.9. The second-order valence-electron chi connectivity index (χ2n) is 6.16. The number of carbonyl (C=O) groups is 3. The lowest BCUT2D eigenvalue weighted by atomic mass is 10.2. The Balaban J connectivity index is 1.61. The van der Waals surface area contributed by atoms with Crippen molar-refractivity contribution in [3.63, 3.8) is 0 Å². The molecule has 4 amide bonds. The van der Waals surface area contributed by atoms with Crippen LogP contribution >= 0.6 is 11.6 Å². The second-order valence-corrected chi connectivity index (χ2v) is 6.59. The van der Waals surface area contributed by atoms with Crippen LogP contribution in [0.5, 0.6) is 0 Å². The summed E-state index contributed by atoms with van der Waals surface area (Å²) in [6.07, 6.45) is 0.0825. The number of anilines is 1. The van der Waals surface area contributed by atoms with E-state index in [9.17, 15) is 14.4 Å². The first-order valence-corrected chi connectivity index (χ1v) is 9.17. The topological polar surface area (TPSA) is 90.5 Å². The lowest BCUT2D eigenvalue weighted by Gasteiger charge is -2.18. The molecule has 28 heavy (non-hydrogen) atoms. The van der Waals surface area contributed by atoms with Gasteiger partial charge in [0.15, 0.2) is 0 Å². The standard InChI is InChI=1S/C20H23ClN4O3/c1-25(14-15-5-3-2-4-6-15)20(28)22-12-11-18(26)23-13-19(27)24-17-9-7-16(21)8-10-17/h2-10H,11-14H2,1H3,(H,22,28)(H,23,26)(H,24,27). The molecule has 0 unspecified atom stereocenters. The van der Waals surface area contributed by atoms with Gasteiger partial charge in [0.25, 0.3) is 0 Å². The molecule has 0 saturated heterocycles. The number of amides is 4. The predicted octanol–water partition coefficient (Wildman–Crippen LogP) is 2.63. The van der Waals surface area contributed by atoms with E-state index in [4.69, 9.17) is 11.6 Å². The Morgan fingerprint density at radius 3 is 2.29 bits per heavy atom. The molecule has 0 aliphatic carbocycles. The quantitative estimate of drug-likeness (QED) is 0.634. The van der Waals surface area contributed by atoms with Gasteiger partial charge in [0.2, 0.25) is 11.8 Å². The Morgan fingerprint density at radius 1 is 0.929 bits per heavy atom. The van der Waals surface area contributed by atoms with Gasteiger partial charge < -0.3 is 20.9 Å². The fourth-order valence-electron chi connectivity index (χ4n) is 2.35. The van der Waals surface area contributed by atoms with Crippen molar-refractivity contribution in [2.24, 2.45) is 0 Å². The maximum Gasteiger partial charge on any atom is 0.317 e. The fraction of sp³-hybridized carbons (Fsp3) is 0.250. The zero-order valence-electron chi connectivity index (χ0n) is 15.6.